The molecule has 2 aromatic rings. The molecule has 2 rings (SSSR count). The van der Waals surface area contributed by atoms with Crippen molar-refractivity contribution in [3.05, 3.63) is 42.0 Å². The second-order valence-corrected chi connectivity index (χ2v) is 4.53. The molecule has 1 aromatic heterocycles. The van der Waals surface area contributed by atoms with Gasteiger partial charge in [0.25, 0.3) is 0 Å². The third kappa shape index (κ3) is 3.14. The molecule has 0 atom stereocenters. The molecule has 0 spiro atoms. The van der Waals surface area contributed by atoms with Crippen LogP contribution in [0.25, 0.3) is 0 Å². The number of hydrogen-bond acceptors (Lipinski definition) is 4. The van der Waals surface area contributed by atoms with Gasteiger partial charge >= 0.3 is 5.97 Å². The lowest BCUT2D eigenvalue weighted by molar-refractivity contribution is -0.135. The summed E-state index contributed by atoms with van der Waals surface area (Å²) in [5, 5.41) is 17.3. The number of hydrogen-bond donors (Lipinski definition) is 1. The van der Waals surface area contributed by atoms with Crippen LogP contribution in [0, 0.1) is 0 Å². The topological polar surface area (TPSA) is 71.2 Å². The zero-order chi connectivity index (χ0) is 14.5. The molecule has 1 N–H and O–H groups in total. The first kappa shape index (κ1) is 14.0. The van der Waals surface area contributed by atoms with E-state index in [1.807, 2.05) is 48.9 Å². The standard InChI is InChI=1S/C14H18N4O2/c1-3-12-15-16-13(17(12)2)9-18(10-14(19)20)11-7-5-4-6-8-11/h4-8H,3,9-10H2,1-2H3,(H,19,20). The average Bonchev–Trinajstić information content (AvgIpc) is 2.79. The van der Waals surface area contributed by atoms with Gasteiger partial charge in [-0.25, -0.2) is 0 Å². The minimum Gasteiger partial charge on any atom is -0.480 e. The number of rotatable bonds is 6. The van der Waals surface area contributed by atoms with Crippen molar-refractivity contribution < 1.29 is 9.90 Å². The van der Waals surface area contributed by atoms with Gasteiger partial charge in [0, 0.05) is 19.2 Å². The third-order valence-electron chi connectivity index (χ3n) is 3.15. The minimum atomic E-state index is -0.869. The van der Waals surface area contributed by atoms with E-state index in [1.165, 1.54) is 0 Å². The number of aryl methyl sites for hydroxylation is 1. The Morgan fingerprint density at radius 3 is 2.45 bits per heavy atom. The van der Waals surface area contributed by atoms with Crippen LogP contribution in [-0.4, -0.2) is 32.4 Å². The van der Waals surface area contributed by atoms with E-state index in [0.717, 1.165) is 23.8 Å². The summed E-state index contributed by atoms with van der Waals surface area (Å²) in [6, 6.07) is 9.46. The van der Waals surface area contributed by atoms with Crippen molar-refractivity contribution >= 4 is 11.7 Å². The summed E-state index contributed by atoms with van der Waals surface area (Å²) in [4.78, 5) is 12.8. The molecule has 20 heavy (non-hydrogen) atoms. The first-order valence-electron chi connectivity index (χ1n) is 6.50. The number of anilines is 1. The van der Waals surface area contributed by atoms with Crippen LogP contribution >= 0.6 is 0 Å². The number of aliphatic carboxylic acids is 1. The van der Waals surface area contributed by atoms with Crippen molar-refractivity contribution in [3.8, 4) is 0 Å². The highest BCUT2D eigenvalue weighted by atomic mass is 16.4. The number of carboxylic acids is 1. The first-order chi connectivity index (χ1) is 9.61. The van der Waals surface area contributed by atoms with Crippen molar-refractivity contribution in [1.82, 2.24) is 14.8 Å². The Balaban J connectivity index is 2.24. The van der Waals surface area contributed by atoms with Crippen LogP contribution < -0.4 is 4.90 Å². The van der Waals surface area contributed by atoms with Gasteiger partial charge in [0.2, 0.25) is 0 Å². The molecule has 106 valence electrons. The molecule has 0 saturated heterocycles. The predicted molar refractivity (Wildman–Crippen MR) is 75.5 cm³/mol. The molecule has 0 aliphatic rings. The zero-order valence-electron chi connectivity index (χ0n) is 11.7. The van der Waals surface area contributed by atoms with E-state index >= 15 is 0 Å². The maximum atomic E-state index is 11.0. The van der Waals surface area contributed by atoms with Crippen LogP contribution in [0.4, 0.5) is 5.69 Å². The highest BCUT2D eigenvalue weighted by Crippen LogP contribution is 2.16. The molecule has 0 fully saturated rings. The fourth-order valence-corrected chi connectivity index (χ4v) is 2.06. The van der Waals surface area contributed by atoms with E-state index in [0.29, 0.717) is 6.54 Å². The number of aromatic nitrogens is 3. The molecule has 0 unspecified atom stereocenters. The van der Waals surface area contributed by atoms with Crippen molar-refractivity contribution in [2.24, 2.45) is 7.05 Å². The fraction of sp³-hybridized carbons (Fsp3) is 0.357. The zero-order valence-corrected chi connectivity index (χ0v) is 11.7. The number of benzene rings is 1. The SMILES string of the molecule is CCc1nnc(CN(CC(=O)O)c2ccccc2)n1C. The van der Waals surface area contributed by atoms with Crippen molar-refractivity contribution in [2.75, 3.05) is 11.4 Å². The monoisotopic (exact) mass is 274 g/mol. The van der Waals surface area contributed by atoms with Gasteiger partial charge in [-0.1, -0.05) is 25.1 Å². The summed E-state index contributed by atoms with van der Waals surface area (Å²) in [5.41, 5.74) is 0.857. The predicted octanol–water partition coefficient (Wildman–Crippen LogP) is 1.47. The van der Waals surface area contributed by atoms with Gasteiger partial charge in [-0.05, 0) is 12.1 Å². The van der Waals surface area contributed by atoms with E-state index < -0.39 is 5.97 Å². The lowest BCUT2D eigenvalue weighted by Gasteiger charge is -2.22. The Bertz CT molecular complexity index is 580. The molecule has 0 aliphatic heterocycles. The molecule has 0 aliphatic carbocycles. The van der Waals surface area contributed by atoms with Crippen LogP contribution in [0.15, 0.2) is 30.3 Å². The van der Waals surface area contributed by atoms with Crippen molar-refractivity contribution in [3.63, 3.8) is 0 Å². The summed E-state index contributed by atoms with van der Waals surface area (Å²) in [6.07, 6.45) is 0.799. The summed E-state index contributed by atoms with van der Waals surface area (Å²) in [5.74, 6) is 0.780. The van der Waals surface area contributed by atoms with Crippen LogP contribution in [0.2, 0.25) is 0 Å². The molecular weight excluding hydrogens is 256 g/mol. The Kier molecular flexibility index (Phi) is 4.34. The maximum absolute atomic E-state index is 11.0. The molecule has 0 bridgehead atoms. The molecule has 6 heteroatoms. The third-order valence-corrected chi connectivity index (χ3v) is 3.15. The van der Waals surface area contributed by atoms with Gasteiger partial charge in [0.15, 0.2) is 5.82 Å². The van der Waals surface area contributed by atoms with Gasteiger partial charge in [-0.2, -0.15) is 0 Å². The summed E-state index contributed by atoms with van der Waals surface area (Å²) in [7, 11) is 1.90. The molecule has 6 nitrogen and oxygen atoms in total. The smallest absolute Gasteiger partial charge is 0.323 e. The van der Waals surface area contributed by atoms with E-state index in [4.69, 9.17) is 5.11 Å². The van der Waals surface area contributed by atoms with Crippen LogP contribution in [0.1, 0.15) is 18.6 Å². The highest BCUT2D eigenvalue weighted by Gasteiger charge is 2.15. The summed E-state index contributed by atoms with van der Waals surface area (Å²) in [6.45, 7) is 2.36. The molecular formula is C14H18N4O2. The second-order valence-electron chi connectivity index (χ2n) is 4.53. The Morgan fingerprint density at radius 1 is 1.25 bits per heavy atom. The maximum Gasteiger partial charge on any atom is 0.323 e. The average molecular weight is 274 g/mol. The Hall–Kier alpha value is -2.37. The lowest BCUT2D eigenvalue weighted by Crippen LogP contribution is -2.30. The summed E-state index contributed by atoms with van der Waals surface area (Å²) < 4.78 is 1.91. The molecule has 0 saturated carbocycles. The first-order valence-corrected chi connectivity index (χ1v) is 6.50. The lowest BCUT2D eigenvalue weighted by atomic mass is 10.3. The van der Waals surface area contributed by atoms with Crippen LogP contribution in [-0.2, 0) is 24.8 Å². The number of para-hydroxylation sites is 1. The minimum absolute atomic E-state index is 0.0711. The Morgan fingerprint density at radius 2 is 1.90 bits per heavy atom. The number of carboxylic acid groups (broad SMARTS) is 1. The van der Waals surface area contributed by atoms with E-state index in [2.05, 4.69) is 10.2 Å². The number of carbonyl (C=O) groups is 1. The van der Waals surface area contributed by atoms with E-state index in [-0.39, 0.29) is 6.54 Å². The molecule has 0 radical (unpaired) electrons. The van der Waals surface area contributed by atoms with Gasteiger partial charge in [-0.15, -0.1) is 10.2 Å². The fourth-order valence-electron chi connectivity index (χ4n) is 2.06. The quantitative estimate of drug-likeness (QED) is 0.863. The summed E-state index contributed by atoms with van der Waals surface area (Å²) >= 11 is 0. The molecule has 0 amide bonds. The van der Waals surface area contributed by atoms with Crippen LogP contribution in [0.5, 0.6) is 0 Å². The molecule has 1 heterocycles. The normalized spacial score (nSPS) is 10.5. The van der Waals surface area contributed by atoms with E-state index in [9.17, 15) is 4.79 Å². The highest BCUT2D eigenvalue weighted by molar-refractivity contribution is 5.73. The van der Waals surface area contributed by atoms with E-state index in [1.54, 1.807) is 4.90 Å². The Labute approximate surface area is 117 Å². The van der Waals surface area contributed by atoms with Gasteiger partial charge in [-0.3, -0.25) is 4.79 Å². The van der Waals surface area contributed by atoms with Gasteiger partial charge < -0.3 is 14.6 Å². The largest absolute Gasteiger partial charge is 0.480 e. The van der Waals surface area contributed by atoms with Gasteiger partial charge in [0.05, 0.1) is 6.54 Å². The van der Waals surface area contributed by atoms with Crippen molar-refractivity contribution in [1.29, 1.82) is 0 Å². The van der Waals surface area contributed by atoms with Crippen LogP contribution in [0.3, 0.4) is 0 Å². The number of nitrogens with zero attached hydrogens (tertiary/aromatic N) is 4. The second kappa shape index (κ2) is 6.18. The molecule has 1 aromatic carbocycles. The van der Waals surface area contributed by atoms with Crippen molar-refractivity contribution in [2.45, 2.75) is 19.9 Å². The van der Waals surface area contributed by atoms with Gasteiger partial charge in [0.1, 0.15) is 12.4 Å².